The van der Waals surface area contributed by atoms with Crippen LogP contribution in [0.25, 0.3) is 0 Å². The van der Waals surface area contributed by atoms with Gasteiger partial charge >= 0.3 is 5.97 Å². The van der Waals surface area contributed by atoms with Crippen LogP contribution in [0.3, 0.4) is 0 Å². The topological polar surface area (TPSA) is 69.6 Å². The fraction of sp³-hybridized carbons (Fsp3) is 0.524. The Bertz CT molecular complexity index is 748. The number of benzene rings is 1. The van der Waals surface area contributed by atoms with E-state index in [0.717, 1.165) is 42.5 Å². The van der Waals surface area contributed by atoms with Crippen molar-refractivity contribution < 1.29 is 14.7 Å². The number of carboxylic acid groups (broad SMARTS) is 1. The van der Waals surface area contributed by atoms with Crippen LogP contribution in [0.1, 0.15) is 56.6 Å². The molecule has 1 fully saturated rings. The summed E-state index contributed by atoms with van der Waals surface area (Å²) in [5.41, 5.74) is 3.51. The molecule has 5 heteroatoms. The molecule has 0 radical (unpaired) electrons. The number of nitrogens with zero attached hydrogens (tertiary/aromatic N) is 1. The summed E-state index contributed by atoms with van der Waals surface area (Å²) >= 11 is 0. The Labute approximate surface area is 155 Å². The van der Waals surface area contributed by atoms with E-state index in [0.29, 0.717) is 6.42 Å². The molecular formula is C21H28N2O3. The number of nitrogens with one attached hydrogen (secondary N) is 1. The van der Waals surface area contributed by atoms with Gasteiger partial charge in [-0.25, -0.2) is 4.79 Å². The zero-order valence-electron chi connectivity index (χ0n) is 15.8. The largest absolute Gasteiger partial charge is 0.478 e. The maximum absolute atomic E-state index is 13.2. The summed E-state index contributed by atoms with van der Waals surface area (Å²) in [7, 11) is 0. The van der Waals surface area contributed by atoms with Crippen LogP contribution in [-0.4, -0.2) is 29.1 Å². The first kappa shape index (κ1) is 18.5. The van der Waals surface area contributed by atoms with Crippen molar-refractivity contribution in [2.75, 3.05) is 4.90 Å². The Morgan fingerprint density at radius 1 is 1.19 bits per heavy atom. The number of hydrogen-bond acceptors (Lipinski definition) is 3. The van der Waals surface area contributed by atoms with Crippen molar-refractivity contribution in [3.05, 3.63) is 40.6 Å². The number of carbonyl (C=O) groups is 2. The van der Waals surface area contributed by atoms with Crippen LogP contribution >= 0.6 is 0 Å². The first-order valence-corrected chi connectivity index (χ1v) is 9.58. The maximum atomic E-state index is 13.2. The second-order valence-electron chi connectivity index (χ2n) is 7.44. The quantitative estimate of drug-likeness (QED) is 0.844. The van der Waals surface area contributed by atoms with E-state index < -0.39 is 12.0 Å². The number of aryl methyl sites for hydroxylation is 2. The van der Waals surface area contributed by atoms with E-state index in [1.54, 1.807) is 4.90 Å². The van der Waals surface area contributed by atoms with Crippen LogP contribution in [0.2, 0.25) is 0 Å². The molecular weight excluding hydrogens is 328 g/mol. The molecule has 0 saturated heterocycles. The molecule has 1 aliphatic heterocycles. The lowest BCUT2D eigenvalue weighted by molar-refractivity contribution is -0.133. The zero-order valence-corrected chi connectivity index (χ0v) is 15.8. The molecule has 0 bridgehead atoms. The highest BCUT2D eigenvalue weighted by atomic mass is 16.4. The molecule has 1 heterocycles. The molecule has 26 heavy (non-hydrogen) atoms. The minimum Gasteiger partial charge on any atom is -0.478 e. The van der Waals surface area contributed by atoms with E-state index in [-0.39, 0.29) is 23.2 Å². The van der Waals surface area contributed by atoms with Crippen LogP contribution in [0.4, 0.5) is 5.69 Å². The molecule has 1 amide bonds. The molecule has 1 saturated carbocycles. The predicted molar refractivity (Wildman–Crippen MR) is 102 cm³/mol. The molecule has 1 aromatic rings. The highest BCUT2D eigenvalue weighted by molar-refractivity contribution is 6.15. The Morgan fingerprint density at radius 2 is 1.88 bits per heavy atom. The van der Waals surface area contributed by atoms with Gasteiger partial charge in [-0.05, 0) is 56.4 Å². The molecule has 1 aliphatic carbocycles. The van der Waals surface area contributed by atoms with Gasteiger partial charge in [-0.15, -0.1) is 0 Å². The number of hydrogen-bond donors (Lipinski definition) is 2. The van der Waals surface area contributed by atoms with E-state index in [9.17, 15) is 14.7 Å². The van der Waals surface area contributed by atoms with Gasteiger partial charge in [-0.3, -0.25) is 9.69 Å². The van der Waals surface area contributed by atoms with E-state index >= 15 is 0 Å². The molecule has 1 unspecified atom stereocenters. The molecule has 0 spiro atoms. The van der Waals surface area contributed by atoms with Gasteiger partial charge in [-0.2, -0.15) is 0 Å². The summed E-state index contributed by atoms with van der Waals surface area (Å²) in [5.74, 6) is -1.22. The Hall–Kier alpha value is -2.30. The van der Waals surface area contributed by atoms with Crippen molar-refractivity contribution in [1.29, 1.82) is 0 Å². The Kier molecular flexibility index (Phi) is 5.35. The molecule has 140 valence electrons. The van der Waals surface area contributed by atoms with Gasteiger partial charge in [0.05, 0.1) is 11.6 Å². The highest BCUT2D eigenvalue weighted by Crippen LogP contribution is 2.34. The van der Waals surface area contributed by atoms with Crippen molar-refractivity contribution in [2.45, 2.75) is 71.4 Å². The molecule has 1 atom stereocenters. The van der Waals surface area contributed by atoms with E-state index in [4.69, 9.17) is 0 Å². The highest BCUT2D eigenvalue weighted by Gasteiger charge is 2.43. The number of carboxylic acids is 1. The maximum Gasteiger partial charge on any atom is 0.336 e. The molecule has 2 N–H and O–H groups in total. The number of anilines is 1. The summed E-state index contributed by atoms with van der Waals surface area (Å²) in [6, 6.07) is 5.62. The number of aliphatic carboxylic acids is 1. The molecule has 3 rings (SSSR count). The molecule has 0 aromatic heterocycles. The van der Waals surface area contributed by atoms with E-state index in [1.807, 2.05) is 39.0 Å². The van der Waals surface area contributed by atoms with Gasteiger partial charge in [0, 0.05) is 11.7 Å². The molecule has 2 aliphatic rings. The first-order chi connectivity index (χ1) is 12.4. The Morgan fingerprint density at radius 3 is 2.46 bits per heavy atom. The minimum absolute atomic E-state index is 0.189. The van der Waals surface area contributed by atoms with Crippen LogP contribution < -0.4 is 10.2 Å². The predicted octanol–water partition coefficient (Wildman–Crippen LogP) is 3.69. The van der Waals surface area contributed by atoms with E-state index in [1.165, 1.54) is 6.42 Å². The fourth-order valence-electron chi connectivity index (χ4n) is 4.07. The van der Waals surface area contributed by atoms with Crippen molar-refractivity contribution >= 4 is 17.6 Å². The van der Waals surface area contributed by atoms with Crippen molar-refractivity contribution in [3.63, 3.8) is 0 Å². The molecule has 5 nitrogen and oxygen atoms in total. The van der Waals surface area contributed by atoms with E-state index in [2.05, 4.69) is 5.32 Å². The van der Waals surface area contributed by atoms with Gasteiger partial charge in [0.2, 0.25) is 0 Å². The Balaban J connectivity index is 1.97. The summed E-state index contributed by atoms with van der Waals surface area (Å²) in [6.45, 7) is 5.96. The smallest absolute Gasteiger partial charge is 0.336 e. The van der Waals surface area contributed by atoms with Crippen molar-refractivity contribution in [1.82, 2.24) is 5.32 Å². The fourth-order valence-corrected chi connectivity index (χ4v) is 4.07. The third-order valence-electron chi connectivity index (χ3n) is 5.69. The lowest BCUT2D eigenvalue weighted by Gasteiger charge is -2.26. The average molecular weight is 356 g/mol. The van der Waals surface area contributed by atoms with Crippen LogP contribution in [-0.2, 0) is 9.59 Å². The van der Waals surface area contributed by atoms with Gasteiger partial charge in [0.15, 0.2) is 0 Å². The normalized spacial score (nSPS) is 21.4. The van der Waals surface area contributed by atoms with Crippen molar-refractivity contribution in [3.8, 4) is 0 Å². The van der Waals surface area contributed by atoms with Gasteiger partial charge < -0.3 is 10.4 Å². The van der Waals surface area contributed by atoms with Crippen molar-refractivity contribution in [2.24, 2.45) is 0 Å². The monoisotopic (exact) mass is 356 g/mol. The number of amides is 1. The standard InChI is InChI=1S/C21H28N2O3/c1-4-17-18(21(25)26)19(22-15-8-6-5-7-9-15)20(24)23(17)16-11-10-13(2)14(3)12-16/h10-12,15,17,22H,4-9H2,1-3H3,(H,25,26). The summed E-state index contributed by atoms with van der Waals surface area (Å²) in [6.07, 6.45) is 6.01. The van der Waals surface area contributed by atoms with Gasteiger partial charge in [-0.1, -0.05) is 32.3 Å². The third kappa shape index (κ3) is 3.35. The first-order valence-electron chi connectivity index (χ1n) is 9.58. The lowest BCUT2D eigenvalue weighted by atomic mass is 9.95. The second-order valence-corrected chi connectivity index (χ2v) is 7.44. The summed E-state index contributed by atoms with van der Waals surface area (Å²) < 4.78 is 0. The molecule has 1 aromatic carbocycles. The van der Waals surface area contributed by atoms with Crippen LogP contribution in [0, 0.1) is 13.8 Å². The number of carbonyl (C=O) groups excluding carboxylic acids is 1. The number of rotatable bonds is 5. The second kappa shape index (κ2) is 7.52. The van der Waals surface area contributed by atoms with Crippen LogP contribution in [0.15, 0.2) is 29.5 Å². The summed E-state index contributed by atoms with van der Waals surface area (Å²) in [4.78, 5) is 26.8. The lowest BCUT2D eigenvalue weighted by Crippen LogP contribution is -2.39. The van der Waals surface area contributed by atoms with Gasteiger partial charge in [0.1, 0.15) is 5.70 Å². The third-order valence-corrected chi connectivity index (χ3v) is 5.69. The zero-order chi connectivity index (χ0) is 18.8. The summed E-state index contributed by atoms with van der Waals surface area (Å²) in [5, 5.41) is 13.1. The van der Waals surface area contributed by atoms with Crippen LogP contribution in [0.5, 0.6) is 0 Å². The minimum atomic E-state index is -1.00. The average Bonchev–Trinajstić information content (AvgIpc) is 2.90. The SMILES string of the molecule is CCC1C(C(=O)O)=C(NC2CCCCC2)C(=O)N1c1ccc(C)c(C)c1. The van der Waals surface area contributed by atoms with Gasteiger partial charge in [0.25, 0.3) is 5.91 Å².